The van der Waals surface area contributed by atoms with Crippen LogP contribution >= 0.6 is 0 Å². The predicted octanol–water partition coefficient (Wildman–Crippen LogP) is 1.39. The molecule has 94 valence electrons. The Kier molecular flexibility index (Phi) is 3.16. The van der Waals surface area contributed by atoms with E-state index in [1.54, 1.807) is 16.7 Å². The number of nitrogens with zero attached hydrogens (tertiary/aromatic N) is 1. The summed E-state index contributed by atoms with van der Waals surface area (Å²) in [5.74, 6) is -0.700. The maximum Gasteiger partial charge on any atom is 0.340 e. The van der Waals surface area contributed by atoms with Crippen LogP contribution in [0.2, 0.25) is 0 Å². The molecule has 0 unspecified atom stereocenters. The summed E-state index contributed by atoms with van der Waals surface area (Å²) >= 11 is 0. The summed E-state index contributed by atoms with van der Waals surface area (Å²) in [7, 11) is 1.29. The lowest BCUT2D eigenvalue weighted by molar-refractivity contribution is 0.0597. The standard InChI is InChI=1S/C13H14N2O3/c1-8(16)12-11(13(17)18-2)6-10-5-9(7-14)3-4-15(10)12/h3-6H,7,14H2,1-2H3. The van der Waals surface area contributed by atoms with Crippen molar-refractivity contribution in [3.63, 3.8) is 0 Å². The maximum atomic E-state index is 11.7. The minimum Gasteiger partial charge on any atom is -0.465 e. The van der Waals surface area contributed by atoms with Crippen LogP contribution in [0.1, 0.15) is 33.3 Å². The zero-order valence-electron chi connectivity index (χ0n) is 10.3. The van der Waals surface area contributed by atoms with Crippen molar-refractivity contribution in [2.24, 2.45) is 5.73 Å². The van der Waals surface area contributed by atoms with Crippen molar-refractivity contribution >= 4 is 17.3 Å². The van der Waals surface area contributed by atoms with Gasteiger partial charge in [-0.1, -0.05) is 0 Å². The Hall–Kier alpha value is -2.14. The number of ether oxygens (including phenoxy) is 1. The van der Waals surface area contributed by atoms with Gasteiger partial charge in [-0.15, -0.1) is 0 Å². The number of nitrogens with two attached hydrogens (primary N) is 1. The third kappa shape index (κ3) is 1.89. The van der Waals surface area contributed by atoms with E-state index in [-0.39, 0.29) is 11.3 Å². The van der Waals surface area contributed by atoms with Crippen molar-refractivity contribution in [2.45, 2.75) is 13.5 Å². The fourth-order valence-electron chi connectivity index (χ4n) is 1.98. The monoisotopic (exact) mass is 246 g/mol. The first-order valence-electron chi connectivity index (χ1n) is 5.51. The molecule has 2 heterocycles. The van der Waals surface area contributed by atoms with Crippen molar-refractivity contribution in [2.75, 3.05) is 7.11 Å². The smallest absolute Gasteiger partial charge is 0.340 e. The topological polar surface area (TPSA) is 73.8 Å². The fourth-order valence-corrected chi connectivity index (χ4v) is 1.98. The molecule has 0 atom stereocenters. The second-order valence-electron chi connectivity index (χ2n) is 3.99. The maximum absolute atomic E-state index is 11.7. The summed E-state index contributed by atoms with van der Waals surface area (Å²) in [5, 5.41) is 0. The van der Waals surface area contributed by atoms with Gasteiger partial charge in [0.25, 0.3) is 0 Å². The Morgan fingerprint density at radius 2 is 2.11 bits per heavy atom. The van der Waals surface area contributed by atoms with E-state index < -0.39 is 5.97 Å². The summed E-state index contributed by atoms with van der Waals surface area (Å²) < 4.78 is 6.36. The van der Waals surface area contributed by atoms with E-state index in [1.807, 2.05) is 12.1 Å². The highest BCUT2D eigenvalue weighted by Gasteiger charge is 2.20. The molecule has 0 aliphatic carbocycles. The van der Waals surface area contributed by atoms with Gasteiger partial charge in [-0.05, 0) is 23.8 Å². The number of carbonyl (C=O) groups is 2. The van der Waals surface area contributed by atoms with Gasteiger partial charge in [-0.25, -0.2) is 4.79 Å². The molecule has 0 fully saturated rings. The highest BCUT2D eigenvalue weighted by molar-refractivity contribution is 6.06. The molecule has 2 aromatic heterocycles. The van der Waals surface area contributed by atoms with Crippen LogP contribution in [0.3, 0.4) is 0 Å². The number of carbonyl (C=O) groups excluding carboxylic acids is 2. The van der Waals surface area contributed by atoms with E-state index in [4.69, 9.17) is 5.73 Å². The van der Waals surface area contributed by atoms with Crippen LogP contribution in [0.25, 0.3) is 5.52 Å². The SMILES string of the molecule is COC(=O)c1cc2cc(CN)ccn2c1C(C)=O. The molecule has 0 saturated heterocycles. The third-order valence-electron chi connectivity index (χ3n) is 2.81. The molecule has 5 heteroatoms. The summed E-state index contributed by atoms with van der Waals surface area (Å²) in [6.07, 6.45) is 1.74. The lowest BCUT2D eigenvalue weighted by Gasteiger charge is -2.03. The van der Waals surface area contributed by atoms with E-state index in [2.05, 4.69) is 4.74 Å². The zero-order valence-corrected chi connectivity index (χ0v) is 10.3. The molecular formula is C13H14N2O3. The van der Waals surface area contributed by atoms with Gasteiger partial charge in [-0.3, -0.25) is 4.79 Å². The molecule has 18 heavy (non-hydrogen) atoms. The van der Waals surface area contributed by atoms with Crippen molar-refractivity contribution < 1.29 is 14.3 Å². The van der Waals surface area contributed by atoms with Crippen LogP contribution in [0, 0.1) is 0 Å². The van der Waals surface area contributed by atoms with Gasteiger partial charge >= 0.3 is 5.97 Å². The molecule has 2 rings (SSSR count). The van der Waals surface area contributed by atoms with Crippen LogP contribution in [0.4, 0.5) is 0 Å². The molecule has 2 N–H and O–H groups in total. The zero-order chi connectivity index (χ0) is 13.3. The molecule has 5 nitrogen and oxygen atoms in total. The van der Waals surface area contributed by atoms with E-state index >= 15 is 0 Å². The number of hydrogen-bond donors (Lipinski definition) is 1. The second kappa shape index (κ2) is 4.62. The van der Waals surface area contributed by atoms with Gasteiger partial charge in [0, 0.05) is 25.2 Å². The number of rotatable bonds is 3. The summed E-state index contributed by atoms with van der Waals surface area (Å²) in [6.45, 7) is 1.83. The van der Waals surface area contributed by atoms with Gasteiger partial charge in [0.15, 0.2) is 5.78 Å². The molecule has 0 aliphatic rings. The molecule has 0 aromatic carbocycles. The average Bonchev–Trinajstić information content (AvgIpc) is 2.75. The first-order chi connectivity index (χ1) is 8.58. The number of fused-ring (bicyclic) bond motifs is 1. The van der Waals surface area contributed by atoms with Gasteiger partial charge in [0.2, 0.25) is 0 Å². The fraction of sp³-hybridized carbons (Fsp3) is 0.231. The largest absolute Gasteiger partial charge is 0.465 e. The molecule has 0 aliphatic heterocycles. The number of Topliss-reactive ketones (excluding diaryl/α,β-unsaturated/α-hetero) is 1. The van der Waals surface area contributed by atoms with Crippen LogP contribution in [0.15, 0.2) is 24.4 Å². The second-order valence-corrected chi connectivity index (χ2v) is 3.99. The van der Waals surface area contributed by atoms with Crippen LogP contribution in [-0.4, -0.2) is 23.3 Å². The van der Waals surface area contributed by atoms with E-state index in [0.29, 0.717) is 12.2 Å². The van der Waals surface area contributed by atoms with E-state index in [1.165, 1.54) is 14.0 Å². The minimum atomic E-state index is -0.516. The summed E-state index contributed by atoms with van der Waals surface area (Å²) in [4.78, 5) is 23.3. The van der Waals surface area contributed by atoms with Crippen LogP contribution < -0.4 is 5.73 Å². The predicted molar refractivity (Wildman–Crippen MR) is 66.6 cm³/mol. The molecule has 0 saturated carbocycles. The Morgan fingerprint density at radius 3 is 2.67 bits per heavy atom. The lowest BCUT2D eigenvalue weighted by atomic mass is 10.2. The summed E-state index contributed by atoms with van der Waals surface area (Å²) in [6, 6.07) is 5.31. The first kappa shape index (κ1) is 12.3. The van der Waals surface area contributed by atoms with Crippen LogP contribution in [0.5, 0.6) is 0 Å². The van der Waals surface area contributed by atoms with Gasteiger partial charge in [0.1, 0.15) is 5.69 Å². The average molecular weight is 246 g/mol. The summed E-state index contributed by atoms with van der Waals surface area (Å²) in [5.41, 5.74) is 7.86. The van der Waals surface area contributed by atoms with Gasteiger partial charge in [0.05, 0.1) is 12.7 Å². The number of methoxy groups -OCH3 is 1. The van der Waals surface area contributed by atoms with Gasteiger partial charge < -0.3 is 14.9 Å². The Morgan fingerprint density at radius 1 is 1.39 bits per heavy atom. The molecule has 0 radical (unpaired) electrons. The highest BCUT2D eigenvalue weighted by Crippen LogP contribution is 2.19. The highest BCUT2D eigenvalue weighted by atomic mass is 16.5. The van der Waals surface area contributed by atoms with Gasteiger partial charge in [-0.2, -0.15) is 0 Å². The van der Waals surface area contributed by atoms with E-state index in [9.17, 15) is 9.59 Å². The molecule has 0 bridgehead atoms. The molecule has 0 spiro atoms. The molecule has 2 aromatic rings. The Balaban J connectivity index is 2.74. The Labute approximate surface area is 104 Å². The number of aromatic nitrogens is 1. The normalized spacial score (nSPS) is 10.6. The van der Waals surface area contributed by atoms with Crippen molar-refractivity contribution in [1.82, 2.24) is 4.40 Å². The number of hydrogen-bond acceptors (Lipinski definition) is 4. The number of esters is 1. The van der Waals surface area contributed by atoms with Crippen molar-refractivity contribution in [3.05, 3.63) is 41.2 Å². The number of pyridine rings is 1. The minimum absolute atomic E-state index is 0.184. The van der Waals surface area contributed by atoms with Crippen molar-refractivity contribution in [3.8, 4) is 0 Å². The molecular weight excluding hydrogens is 232 g/mol. The third-order valence-corrected chi connectivity index (χ3v) is 2.81. The molecule has 0 amide bonds. The number of ketones is 1. The van der Waals surface area contributed by atoms with E-state index in [0.717, 1.165) is 11.1 Å². The first-order valence-corrected chi connectivity index (χ1v) is 5.51. The Bertz CT molecular complexity index is 628. The quantitative estimate of drug-likeness (QED) is 0.656. The lowest BCUT2D eigenvalue weighted by Crippen LogP contribution is -2.08. The van der Waals surface area contributed by atoms with Crippen LogP contribution in [-0.2, 0) is 11.3 Å². The van der Waals surface area contributed by atoms with Crippen molar-refractivity contribution in [1.29, 1.82) is 0 Å².